The van der Waals surface area contributed by atoms with Crippen molar-refractivity contribution in [3.8, 4) is 5.75 Å². The molecule has 1 aliphatic rings. The monoisotopic (exact) mass is 371 g/mol. The number of hydrogen-bond donors (Lipinski definition) is 0. The van der Waals surface area contributed by atoms with Gasteiger partial charge in [-0.15, -0.1) is 0 Å². The number of aryl methyl sites for hydroxylation is 2. The molecule has 1 unspecified atom stereocenters. The minimum absolute atomic E-state index is 0.00179. The maximum atomic E-state index is 14.1. The van der Waals surface area contributed by atoms with Crippen molar-refractivity contribution in [2.45, 2.75) is 39.3 Å². The first-order chi connectivity index (χ1) is 13.0. The second-order valence-electron chi connectivity index (χ2n) is 7.11. The number of nitrogens with zero attached hydrogens (tertiary/aromatic N) is 1. The summed E-state index contributed by atoms with van der Waals surface area (Å²) >= 11 is 0. The summed E-state index contributed by atoms with van der Waals surface area (Å²) in [6.45, 7) is 5.27. The summed E-state index contributed by atoms with van der Waals surface area (Å²) in [7, 11) is 0. The third-order valence-electron chi connectivity index (χ3n) is 4.68. The van der Waals surface area contributed by atoms with E-state index in [1.54, 1.807) is 23.1 Å². The molecule has 2 aromatic carbocycles. The zero-order valence-electron chi connectivity index (χ0n) is 15.9. The van der Waals surface area contributed by atoms with E-state index in [1.807, 2.05) is 26.0 Å². The Kier molecular flexibility index (Phi) is 6.45. The van der Waals surface area contributed by atoms with Crippen LogP contribution >= 0.6 is 0 Å². The van der Waals surface area contributed by atoms with Gasteiger partial charge in [-0.3, -0.25) is 4.79 Å². The first-order valence-corrected chi connectivity index (χ1v) is 9.35. The molecule has 5 heteroatoms. The number of carbonyl (C=O) groups excluding carboxylic acids is 1. The Bertz CT molecular complexity index is 767. The van der Waals surface area contributed by atoms with Gasteiger partial charge in [-0.05, 0) is 56.0 Å². The van der Waals surface area contributed by atoms with Crippen LogP contribution in [0.15, 0.2) is 42.5 Å². The van der Waals surface area contributed by atoms with E-state index in [4.69, 9.17) is 9.47 Å². The average molecular weight is 371 g/mol. The highest BCUT2D eigenvalue weighted by Gasteiger charge is 2.24. The van der Waals surface area contributed by atoms with E-state index in [0.29, 0.717) is 24.5 Å². The molecule has 1 saturated heterocycles. The fourth-order valence-electron chi connectivity index (χ4n) is 3.37. The van der Waals surface area contributed by atoms with Crippen molar-refractivity contribution in [3.05, 3.63) is 65.0 Å². The summed E-state index contributed by atoms with van der Waals surface area (Å²) in [5.41, 5.74) is 2.66. The molecule has 27 heavy (non-hydrogen) atoms. The van der Waals surface area contributed by atoms with Crippen molar-refractivity contribution >= 4 is 5.91 Å². The number of halogens is 1. The lowest BCUT2D eigenvalue weighted by molar-refractivity contribution is -0.135. The fourth-order valence-corrected chi connectivity index (χ4v) is 3.37. The van der Waals surface area contributed by atoms with E-state index in [2.05, 4.69) is 6.07 Å². The summed E-state index contributed by atoms with van der Waals surface area (Å²) in [4.78, 5) is 14.4. The fraction of sp³-hybridized carbons (Fsp3) is 0.409. The average Bonchev–Trinajstić information content (AvgIpc) is 3.13. The molecular weight excluding hydrogens is 345 g/mol. The number of carbonyl (C=O) groups is 1. The van der Waals surface area contributed by atoms with Gasteiger partial charge >= 0.3 is 0 Å². The Labute approximate surface area is 159 Å². The molecule has 1 amide bonds. The molecule has 1 heterocycles. The van der Waals surface area contributed by atoms with Crippen LogP contribution in [0.25, 0.3) is 0 Å². The molecule has 2 aromatic rings. The van der Waals surface area contributed by atoms with Crippen molar-refractivity contribution in [3.63, 3.8) is 0 Å². The Morgan fingerprint density at radius 2 is 1.96 bits per heavy atom. The van der Waals surface area contributed by atoms with Crippen LogP contribution in [0.1, 0.15) is 29.5 Å². The second kappa shape index (κ2) is 9.00. The third-order valence-corrected chi connectivity index (χ3v) is 4.68. The molecule has 3 rings (SSSR count). The molecule has 0 bridgehead atoms. The van der Waals surface area contributed by atoms with Gasteiger partial charge in [0.2, 0.25) is 0 Å². The van der Waals surface area contributed by atoms with Crippen LogP contribution in [0, 0.1) is 19.7 Å². The van der Waals surface area contributed by atoms with Gasteiger partial charge in [0.25, 0.3) is 5.91 Å². The lowest BCUT2D eigenvalue weighted by Gasteiger charge is -2.26. The van der Waals surface area contributed by atoms with E-state index in [0.717, 1.165) is 24.0 Å². The van der Waals surface area contributed by atoms with Gasteiger partial charge < -0.3 is 14.4 Å². The van der Waals surface area contributed by atoms with Crippen LogP contribution in [-0.2, 0) is 16.1 Å². The van der Waals surface area contributed by atoms with E-state index in [1.165, 1.54) is 6.07 Å². The number of hydrogen-bond acceptors (Lipinski definition) is 3. The molecule has 144 valence electrons. The zero-order chi connectivity index (χ0) is 19.2. The van der Waals surface area contributed by atoms with Gasteiger partial charge in [0.1, 0.15) is 11.6 Å². The molecule has 1 aliphatic heterocycles. The van der Waals surface area contributed by atoms with Crippen molar-refractivity contribution < 1.29 is 18.7 Å². The van der Waals surface area contributed by atoms with Crippen LogP contribution < -0.4 is 4.74 Å². The van der Waals surface area contributed by atoms with Crippen LogP contribution in [0.4, 0.5) is 4.39 Å². The smallest absolute Gasteiger partial charge is 0.260 e. The standard InChI is InChI=1S/C22H26FNO3/c1-16-10-17(2)12-20(11-16)27-15-22(25)24(14-19-7-5-9-26-19)13-18-6-3-4-8-21(18)23/h3-4,6,8,10-12,19H,5,7,9,13-15H2,1-2H3. The molecule has 0 aliphatic carbocycles. The largest absolute Gasteiger partial charge is 0.484 e. The molecule has 0 N–H and O–H groups in total. The highest BCUT2D eigenvalue weighted by molar-refractivity contribution is 5.77. The minimum atomic E-state index is -0.308. The predicted octanol–water partition coefficient (Wildman–Crippen LogP) is 4.03. The molecule has 0 spiro atoms. The zero-order valence-corrected chi connectivity index (χ0v) is 15.9. The number of ether oxygens (including phenoxy) is 2. The molecule has 0 radical (unpaired) electrons. The van der Waals surface area contributed by atoms with Gasteiger partial charge in [0.15, 0.2) is 6.61 Å². The normalized spacial score (nSPS) is 16.3. The summed E-state index contributed by atoms with van der Waals surface area (Å²) in [5, 5.41) is 0. The Hall–Kier alpha value is -2.40. The third kappa shape index (κ3) is 5.54. The number of amides is 1. The van der Waals surface area contributed by atoms with Gasteiger partial charge in [-0.25, -0.2) is 4.39 Å². The van der Waals surface area contributed by atoms with Crippen molar-refractivity contribution in [1.82, 2.24) is 4.90 Å². The topological polar surface area (TPSA) is 38.8 Å². The van der Waals surface area contributed by atoms with Gasteiger partial charge in [-0.1, -0.05) is 24.3 Å². The molecule has 1 fully saturated rings. The molecule has 4 nitrogen and oxygen atoms in total. The Morgan fingerprint density at radius 3 is 2.63 bits per heavy atom. The molecular formula is C22H26FNO3. The van der Waals surface area contributed by atoms with E-state index in [9.17, 15) is 9.18 Å². The van der Waals surface area contributed by atoms with E-state index in [-0.39, 0.29) is 31.0 Å². The lowest BCUT2D eigenvalue weighted by atomic mass is 10.1. The van der Waals surface area contributed by atoms with Crippen molar-refractivity contribution in [2.24, 2.45) is 0 Å². The SMILES string of the molecule is Cc1cc(C)cc(OCC(=O)N(Cc2ccccc2F)CC2CCCO2)c1. The first-order valence-electron chi connectivity index (χ1n) is 9.35. The number of rotatable bonds is 7. The van der Waals surface area contributed by atoms with Gasteiger partial charge in [-0.2, -0.15) is 0 Å². The molecule has 0 saturated carbocycles. The quantitative estimate of drug-likeness (QED) is 0.738. The Balaban J connectivity index is 1.68. The predicted molar refractivity (Wildman–Crippen MR) is 102 cm³/mol. The first kappa shape index (κ1) is 19.4. The van der Waals surface area contributed by atoms with Crippen molar-refractivity contribution in [1.29, 1.82) is 0 Å². The van der Waals surface area contributed by atoms with Crippen LogP contribution in [0.2, 0.25) is 0 Å². The van der Waals surface area contributed by atoms with E-state index >= 15 is 0 Å². The van der Waals surface area contributed by atoms with Gasteiger partial charge in [0.05, 0.1) is 6.10 Å². The number of benzene rings is 2. The van der Waals surface area contributed by atoms with Crippen LogP contribution in [-0.4, -0.2) is 36.7 Å². The van der Waals surface area contributed by atoms with Gasteiger partial charge in [0, 0.05) is 25.3 Å². The molecule has 1 atom stereocenters. The molecule has 0 aromatic heterocycles. The summed E-state index contributed by atoms with van der Waals surface area (Å²) in [6.07, 6.45) is 1.91. The maximum Gasteiger partial charge on any atom is 0.260 e. The highest BCUT2D eigenvalue weighted by atomic mass is 19.1. The summed E-state index contributed by atoms with van der Waals surface area (Å²) < 4.78 is 25.5. The summed E-state index contributed by atoms with van der Waals surface area (Å²) in [5.74, 6) is 0.189. The maximum absolute atomic E-state index is 14.1. The summed E-state index contributed by atoms with van der Waals surface area (Å²) in [6, 6.07) is 12.4. The lowest BCUT2D eigenvalue weighted by Crippen LogP contribution is -2.39. The highest BCUT2D eigenvalue weighted by Crippen LogP contribution is 2.19. The Morgan fingerprint density at radius 1 is 1.22 bits per heavy atom. The van der Waals surface area contributed by atoms with Crippen molar-refractivity contribution in [2.75, 3.05) is 19.8 Å². The second-order valence-corrected chi connectivity index (χ2v) is 7.11. The van der Waals surface area contributed by atoms with Crippen LogP contribution in [0.5, 0.6) is 5.75 Å². The minimum Gasteiger partial charge on any atom is -0.484 e. The van der Waals surface area contributed by atoms with Crippen LogP contribution in [0.3, 0.4) is 0 Å². The van der Waals surface area contributed by atoms with E-state index < -0.39 is 0 Å².